The van der Waals surface area contributed by atoms with Crippen LogP contribution in [0.3, 0.4) is 0 Å². The van der Waals surface area contributed by atoms with Crippen LogP contribution < -0.4 is 0 Å². The van der Waals surface area contributed by atoms with Gasteiger partial charge in [-0.3, -0.25) is 0 Å². The first-order valence-electron chi connectivity index (χ1n) is 11.6. The van der Waals surface area contributed by atoms with Crippen LogP contribution in [0.1, 0.15) is 59.9 Å². The Morgan fingerprint density at radius 1 is 1.09 bits per heavy atom. The van der Waals surface area contributed by atoms with E-state index < -0.39 is 24.1 Å². The molecule has 0 amide bonds. The monoisotopic (exact) mass is 480 g/mol. The van der Waals surface area contributed by atoms with Gasteiger partial charge >= 0.3 is 5.97 Å². The number of aryl methyl sites for hydroxylation is 1. The predicted molar refractivity (Wildman–Crippen MR) is 133 cm³/mol. The third kappa shape index (κ3) is 5.45. The van der Waals surface area contributed by atoms with Crippen LogP contribution >= 0.6 is 0 Å². The standard InChI is InChI=1S/C24H40N2O4SSi/c1-17(2)32(18(3)4,19(5)6)16-23(26-15-9-10-22(26)24(27)30-8)25-31(28,29)21-13-11-20(7)12-14-21/h11-14,17-19,22H,9-10,15-16H2,1-8H3/b25-23+/t22-/m0/s1. The van der Waals surface area contributed by atoms with Gasteiger partial charge in [-0.05, 0) is 31.9 Å². The molecule has 0 N–H and O–H groups in total. The third-order valence-corrected chi connectivity index (χ3v) is 16.0. The van der Waals surface area contributed by atoms with Gasteiger partial charge in [-0.15, -0.1) is 4.40 Å². The number of hydrogen-bond donors (Lipinski definition) is 0. The van der Waals surface area contributed by atoms with Crippen molar-refractivity contribution in [1.82, 2.24) is 4.90 Å². The number of benzene rings is 1. The Bertz CT molecular complexity index is 902. The van der Waals surface area contributed by atoms with Crippen molar-refractivity contribution in [3.05, 3.63) is 29.8 Å². The van der Waals surface area contributed by atoms with E-state index in [2.05, 4.69) is 45.9 Å². The topological polar surface area (TPSA) is 76.0 Å². The second-order valence-corrected chi connectivity index (χ2v) is 17.6. The zero-order valence-corrected chi connectivity index (χ0v) is 22.7. The molecule has 1 aromatic carbocycles. The number of carbonyl (C=O) groups is 1. The molecule has 6 nitrogen and oxygen atoms in total. The van der Waals surface area contributed by atoms with Crippen molar-refractivity contribution in [2.45, 2.75) is 94.9 Å². The number of hydrogen-bond acceptors (Lipinski definition) is 4. The molecule has 1 aromatic rings. The molecule has 32 heavy (non-hydrogen) atoms. The first-order valence-corrected chi connectivity index (χ1v) is 15.5. The average Bonchev–Trinajstić information content (AvgIpc) is 3.19. The van der Waals surface area contributed by atoms with Gasteiger partial charge in [-0.25, -0.2) is 4.79 Å². The Hall–Kier alpha value is -1.67. The molecule has 0 spiro atoms. The van der Waals surface area contributed by atoms with E-state index in [0.717, 1.165) is 12.0 Å². The smallest absolute Gasteiger partial charge is 0.328 e. The highest BCUT2D eigenvalue weighted by atomic mass is 32.2. The molecule has 2 rings (SSSR count). The molecule has 8 heteroatoms. The molecule has 0 unspecified atom stereocenters. The lowest BCUT2D eigenvalue weighted by Gasteiger charge is -2.44. The molecule has 0 aromatic heterocycles. The Kier molecular flexibility index (Phi) is 8.73. The quantitative estimate of drug-likeness (QED) is 0.215. The Morgan fingerprint density at radius 2 is 1.62 bits per heavy atom. The molecule has 180 valence electrons. The SMILES string of the molecule is COC(=O)[C@@H]1CCCN1/C(C[Si](C(C)C)(C(C)C)C(C)C)=N/S(=O)(=O)c1ccc(C)cc1. The predicted octanol–water partition coefficient (Wildman–Crippen LogP) is 5.40. The minimum atomic E-state index is -3.90. The van der Waals surface area contributed by atoms with Crippen LogP contribution in [-0.4, -0.2) is 52.9 Å². The van der Waals surface area contributed by atoms with Crippen LogP contribution in [0, 0.1) is 6.92 Å². The summed E-state index contributed by atoms with van der Waals surface area (Å²) in [6.07, 6.45) is 1.46. The molecule has 1 aliphatic heterocycles. The zero-order valence-electron chi connectivity index (χ0n) is 20.9. The molecular weight excluding hydrogens is 440 g/mol. The first-order chi connectivity index (χ1) is 14.9. The fourth-order valence-corrected chi connectivity index (χ4v) is 12.6. The summed E-state index contributed by atoms with van der Waals surface area (Å²) in [6, 6.07) is 6.91. The summed E-state index contributed by atoms with van der Waals surface area (Å²) < 4.78 is 36.1. The first kappa shape index (κ1) is 26.6. The fraction of sp³-hybridized carbons (Fsp3) is 0.667. The number of ether oxygens (including phenoxy) is 1. The minimum absolute atomic E-state index is 0.181. The van der Waals surface area contributed by atoms with Crippen molar-refractivity contribution in [3.8, 4) is 0 Å². The Morgan fingerprint density at radius 3 is 2.09 bits per heavy atom. The average molecular weight is 481 g/mol. The van der Waals surface area contributed by atoms with Gasteiger partial charge in [0.15, 0.2) is 0 Å². The highest BCUT2D eigenvalue weighted by Crippen LogP contribution is 2.45. The van der Waals surface area contributed by atoms with Crippen molar-refractivity contribution >= 4 is 29.9 Å². The van der Waals surface area contributed by atoms with Gasteiger partial charge < -0.3 is 9.64 Å². The van der Waals surface area contributed by atoms with Crippen LogP contribution in [0.15, 0.2) is 33.6 Å². The normalized spacial score (nSPS) is 18.2. The van der Waals surface area contributed by atoms with Crippen LogP contribution in [0.25, 0.3) is 0 Å². The lowest BCUT2D eigenvalue weighted by atomic mass is 10.2. The number of amidine groups is 1. The fourth-order valence-electron chi connectivity index (χ4n) is 5.43. The maximum atomic E-state index is 13.3. The van der Waals surface area contributed by atoms with Crippen LogP contribution in [0.2, 0.25) is 22.7 Å². The van der Waals surface area contributed by atoms with Crippen LogP contribution in [0.4, 0.5) is 0 Å². The molecule has 1 atom stereocenters. The molecule has 1 fully saturated rings. The van der Waals surface area contributed by atoms with Crippen LogP contribution in [-0.2, 0) is 19.6 Å². The summed E-state index contributed by atoms with van der Waals surface area (Å²) in [5.41, 5.74) is 2.31. The Labute approximate surface area is 195 Å². The number of methoxy groups -OCH3 is 1. The van der Waals surface area contributed by atoms with Crippen molar-refractivity contribution in [2.75, 3.05) is 13.7 Å². The molecule has 1 saturated heterocycles. The summed E-state index contributed by atoms with van der Waals surface area (Å²) in [4.78, 5) is 14.6. The highest BCUT2D eigenvalue weighted by molar-refractivity contribution is 7.90. The molecule has 0 bridgehead atoms. The lowest BCUT2D eigenvalue weighted by molar-refractivity contribution is -0.144. The summed E-state index contributed by atoms with van der Waals surface area (Å²) in [5, 5.41) is 0. The van der Waals surface area contributed by atoms with Crippen LogP contribution in [0.5, 0.6) is 0 Å². The second kappa shape index (κ2) is 10.5. The van der Waals surface area contributed by atoms with E-state index in [1.165, 1.54) is 7.11 Å². The summed E-state index contributed by atoms with van der Waals surface area (Å²) in [7, 11) is -4.55. The highest BCUT2D eigenvalue weighted by Gasteiger charge is 2.46. The summed E-state index contributed by atoms with van der Waals surface area (Å²) >= 11 is 0. The van der Waals surface area contributed by atoms with Gasteiger partial charge in [-0.1, -0.05) is 75.9 Å². The van der Waals surface area contributed by atoms with E-state index >= 15 is 0 Å². The number of rotatable bonds is 8. The number of carbonyl (C=O) groups excluding carboxylic acids is 1. The molecule has 0 radical (unpaired) electrons. The molecule has 0 saturated carbocycles. The molecule has 1 heterocycles. The summed E-state index contributed by atoms with van der Waals surface area (Å²) in [6.45, 7) is 16.0. The Balaban J connectivity index is 2.65. The largest absolute Gasteiger partial charge is 0.467 e. The van der Waals surface area contributed by atoms with Gasteiger partial charge in [-0.2, -0.15) is 8.42 Å². The lowest BCUT2D eigenvalue weighted by Crippen LogP contribution is -2.51. The number of likely N-dealkylation sites (tertiary alicyclic amines) is 1. The van der Waals surface area contributed by atoms with E-state index in [0.29, 0.717) is 41.5 Å². The van der Waals surface area contributed by atoms with Crippen molar-refractivity contribution in [1.29, 1.82) is 0 Å². The van der Waals surface area contributed by atoms with E-state index in [1.54, 1.807) is 24.3 Å². The van der Waals surface area contributed by atoms with Gasteiger partial charge in [0.25, 0.3) is 10.0 Å². The van der Waals surface area contributed by atoms with Crippen molar-refractivity contribution in [3.63, 3.8) is 0 Å². The van der Waals surface area contributed by atoms with Gasteiger partial charge in [0.1, 0.15) is 11.9 Å². The van der Waals surface area contributed by atoms with E-state index in [-0.39, 0.29) is 10.9 Å². The molecular formula is C24H40N2O4SSi. The summed E-state index contributed by atoms with van der Waals surface area (Å²) in [5.74, 6) is 0.204. The maximum absolute atomic E-state index is 13.3. The maximum Gasteiger partial charge on any atom is 0.328 e. The number of esters is 1. The van der Waals surface area contributed by atoms with Crippen molar-refractivity contribution in [2.24, 2.45) is 4.40 Å². The van der Waals surface area contributed by atoms with E-state index in [4.69, 9.17) is 4.74 Å². The minimum Gasteiger partial charge on any atom is -0.467 e. The second-order valence-electron chi connectivity index (χ2n) is 9.92. The van der Waals surface area contributed by atoms with Gasteiger partial charge in [0, 0.05) is 12.6 Å². The number of nitrogens with zero attached hydrogens (tertiary/aromatic N) is 2. The van der Waals surface area contributed by atoms with E-state index in [1.807, 2.05) is 11.8 Å². The molecule has 1 aliphatic rings. The van der Waals surface area contributed by atoms with Gasteiger partial charge in [0.2, 0.25) is 0 Å². The van der Waals surface area contributed by atoms with Gasteiger partial charge in [0.05, 0.1) is 20.1 Å². The third-order valence-electron chi connectivity index (χ3n) is 7.29. The van der Waals surface area contributed by atoms with Crippen molar-refractivity contribution < 1.29 is 17.9 Å². The zero-order chi connectivity index (χ0) is 24.3. The number of sulfonamides is 1. The van der Waals surface area contributed by atoms with E-state index in [9.17, 15) is 13.2 Å². The molecule has 0 aliphatic carbocycles.